The fraction of sp³-hybridized carbons (Fsp3) is 0.949. The van der Waals surface area contributed by atoms with E-state index in [1.807, 2.05) is 0 Å². The summed E-state index contributed by atoms with van der Waals surface area (Å²) in [6.45, 7) is 14.7. The summed E-state index contributed by atoms with van der Waals surface area (Å²) >= 11 is 0. The van der Waals surface area contributed by atoms with E-state index in [2.05, 4.69) is 40.3 Å². The highest BCUT2D eigenvalue weighted by molar-refractivity contribution is 5.20. The van der Waals surface area contributed by atoms with Crippen LogP contribution in [0.15, 0.2) is 12.7 Å². The predicted molar refractivity (Wildman–Crippen MR) is 173 cm³/mol. The van der Waals surface area contributed by atoms with Gasteiger partial charge in [-0.2, -0.15) is 0 Å². The van der Waals surface area contributed by atoms with Crippen LogP contribution in [0.3, 0.4) is 0 Å². The third kappa shape index (κ3) is 5.99. The van der Waals surface area contributed by atoms with Gasteiger partial charge in [0.05, 0.1) is 0 Å². The Labute approximate surface area is 246 Å². The summed E-state index contributed by atoms with van der Waals surface area (Å²) in [5.74, 6) is 5.00. The van der Waals surface area contributed by atoms with Crippen LogP contribution in [0.4, 0.5) is 0 Å². The minimum atomic E-state index is 0.495. The first kappa shape index (κ1) is 31.7. The summed E-state index contributed by atoms with van der Waals surface area (Å²) < 4.78 is 0. The molecular formula is C39H70. The van der Waals surface area contributed by atoms with Gasteiger partial charge in [0.25, 0.3) is 0 Å². The summed E-state index contributed by atoms with van der Waals surface area (Å²) in [6.07, 6.45) is 39.6. The maximum absolute atomic E-state index is 4.05. The highest BCUT2D eigenvalue weighted by atomic mass is 14.8. The fourth-order valence-electron chi connectivity index (χ4n) is 12.0. The molecule has 4 rings (SSSR count). The molecule has 0 aromatic heterocycles. The molecule has 0 aromatic carbocycles. The van der Waals surface area contributed by atoms with Crippen LogP contribution in [0, 0.1) is 45.8 Å². The van der Waals surface area contributed by atoms with Gasteiger partial charge in [0, 0.05) is 0 Å². The van der Waals surface area contributed by atoms with Crippen molar-refractivity contribution in [2.24, 2.45) is 45.8 Å². The van der Waals surface area contributed by atoms with Gasteiger partial charge in [-0.1, -0.05) is 111 Å². The maximum Gasteiger partial charge on any atom is -0.0123 e. The molecule has 0 radical (unpaired) electrons. The zero-order valence-corrected chi connectivity index (χ0v) is 27.3. The Kier molecular flexibility index (Phi) is 12.0. The van der Waals surface area contributed by atoms with Crippen molar-refractivity contribution in [2.75, 3.05) is 0 Å². The molecule has 0 nitrogen and oxygen atoms in total. The fourth-order valence-corrected chi connectivity index (χ4v) is 12.0. The van der Waals surface area contributed by atoms with Gasteiger partial charge in [-0.05, 0) is 129 Å². The molecule has 0 aromatic rings. The number of hydrogen-bond donors (Lipinski definition) is 0. The van der Waals surface area contributed by atoms with Crippen LogP contribution < -0.4 is 0 Å². The Balaban J connectivity index is 1.93. The highest BCUT2D eigenvalue weighted by Gasteiger charge is 2.72. The average Bonchev–Trinajstić information content (AvgIpc) is 3.65. The van der Waals surface area contributed by atoms with Gasteiger partial charge in [0.15, 0.2) is 0 Å². The number of allylic oxidation sites excluding steroid dienone is 1. The van der Waals surface area contributed by atoms with Gasteiger partial charge in [-0.3, -0.25) is 0 Å². The molecular weight excluding hydrogens is 468 g/mol. The quantitative estimate of drug-likeness (QED) is 0.113. The number of unbranched alkanes of at least 4 members (excludes halogenated alkanes) is 4. The number of rotatable bonds is 19. The van der Waals surface area contributed by atoms with Gasteiger partial charge in [0.2, 0.25) is 0 Å². The maximum atomic E-state index is 4.05. The first-order chi connectivity index (χ1) is 19.1. The lowest BCUT2D eigenvalue weighted by molar-refractivity contribution is -0.243. The van der Waals surface area contributed by atoms with Gasteiger partial charge >= 0.3 is 0 Å². The van der Waals surface area contributed by atoms with Crippen molar-refractivity contribution in [1.82, 2.24) is 0 Å². The van der Waals surface area contributed by atoms with Gasteiger partial charge < -0.3 is 0 Å². The molecule has 0 heteroatoms. The minimum absolute atomic E-state index is 0.495. The first-order valence-corrected chi connectivity index (χ1v) is 18.7. The Morgan fingerprint density at radius 1 is 0.641 bits per heavy atom. The lowest BCUT2D eigenvalue weighted by Crippen LogP contribution is -2.66. The largest absolute Gasteiger partial charge is 0.103 e. The second kappa shape index (κ2) is 14.8. The van der Waals surface area contributed by atoms with Crippen LogP contribution >= 0.6 is 0 Å². The van der Waals surface area contributed by atoms with E-state index in [1.54, 1.807) is 57.8 Å². The van der Waals surface area contributed by atoms with E-state index in [0.29, 0.717) is 16.2 Å². The van der Waals surface area contributed by atoms with Crippen LogP contribution in [0.1, 0.15) is 188 Å². The van der Waals surface area contributed by atoms with Crippen LogP contribution in [-0.2, 0) is 0 Å². The second-order valence-corrected chi connectivity index (χ2v) is 15.4. The second-order valence-electron chi connectivity index (χ2n) is 15.4. The Hall–Kier alpha value is -0.260. The Bertz CT molecular complexity index is 702. The molecule has 4 saturated carbocycles. The molecule has 0 aliphatic heterocycles. The van der Waals surface area contributed by atoms with Crippen LogP contribution in [0.2, 0.25) is 0 Å². The van der Waals surface area contributed by atoms with Crippen molar-refractivity contribution in [1.29, 1.82) is 0 Å². The van der Waals surface area contributed by atoms with Crippen LogP contribution in [-0.4, -0.2) is 0 Å². The van der Waals surface area contributed by atoms with E-state index in [0.717, 1.165) is 29.6 Å². The predicted octanol–water partition coefficient (Wildman–Crippen LogP) is 13.1. The van der Waals surface area contributed by atoms with E-state index >= 15 is 0 Å². The van der Waals surface area contributed by atoms with E-state index in [1.165, 1.54) is 103 Å². The third-order valence-electron chi connectivity index (χ3n) is 13.8. The van der Waals surface area contributed by atoms with E-state index < -0.39 is 0 Å². The third-order valence-corrected chi connectivity index (χ3v) is 13.8. The minimum Gasteiger partial charge on any atom is -0.103 e. The molecule has 0 spiro atoms. The first-order valence-electron chi connectivity index (χ1n) is 18.7. The smallest absolute Gasteiger partial charge is 0.0123 e. The molecule has 0 saturated heterocycles. The monoisotopic (exact) mass is 539 g/mol. The Morgan fingerprint density at radius 2 is 1.23 bits per heavy atom. The van der Waals surface area contributed by atoms with Crippen molar-refractivity contribution in [3.05, 3.63) is 12.7 Å². The molecule has 4 aliphatic rings. The summed E-state index contributed by atoms with van der Waals surface area (Å²) in [7, 11) is 0. The molecule has 0 bridgehead atoms. The van der Waals surface area contributed by atoms with Gasteiger partial charge in [0.1, 0.15) is 0 Å². The molecule has 226 valence electrons. The van der Waals surface area contributed by atoms with Gasteiger partial charge in [-0.25, -0.2) is 0 Å². The molecule has 39 heavy (non-hydrogen) atoms. The topological polar surface area (TPSA) is 0 Å². The lowest BCUT2D eigenvalue weighted by atomic mass is 9.32. The average molecular weight is 539 g/mol. The molecule has 4 atom stereocenters. The molecule has 0 amide bonds. The molecule has 4 fully saturated rings. The normalized spacial score (nSPS) is 26.9. The Morgan fingerprint density at radius 3 is 1.72 bits per heavy atom. The van der Waals surface area contributed by atoms with Gasteiger partial charge in [-0.15, -0.1) is 6.58 Å². The summed E-state index contributed by atoms with van der Waals surface area (Å²) in [5.41, 5.74) is 1.69. The van der Waals surface area contributed by atoms with Crippen molar-refractivity contribution >= 4 is 0 Å². The van der Waals surface area contributed by atoms with Crippen molar-refractivity contribution in [3.8, 4) is 0 Å². The lowest BCUT2D eigenvalue weighted by Gasteiger charge is -2.72. The SMILES string of the molecule is C=CCCCCCC(C1CCC1)(C1CC1)C(C1CCCCC1)(C1CCCC1)C(C)(CC)C(CCC)CCCC. The number of hydrogen-bond acceptors (Lipinski definition) is 0. The van der Waals surface area contributed by atoms with E-state index in [-0.39, 0.29) is 0 Å². The van der Waals surface area contributed by atoms with E-state index in [4.69, 9.17) is 0 Å². The van der Waals surface area contributed by atoms with Crippen molar-refractivity contribution in [3.63, 3.8) is 0 Å². The zero-order chi connectivity index (χ0) is 27.8. The molecule has 0 heterocycles. The summed E-state index contributed by atoms with van der Waals surface area (Å²) in [4.78, 5) is 0. The molecule has 0 N–H and O–H groups in total. The summed E-state index contributed by atoms with van der Waals surface area (Å²) in [5, 5.41) is 0. The van der Waals surface area contributed by atoms with E-state index in [9.17, 15) is 0 Å². The van der Waals surface area contributed by atoms with Crippen LogP contribution in [0.5, 0.6) is 0 Å². The highest BCUT2D eigenvalue weighted by Crippen LogP contribution is 2.79. The summed E-state index contributed by atoms with van der Waals surface area (Å²) in [6, 6.07) is 0. The standard InChI is InChI=1S/C39H70/c1-6-10-12-13-19-31-38(34-29-30-34,33-27-20-28-33)39(36-25-17-18-26-36,35-23-15-14-16-24-35)37(5,9-4)32(21-8-3)22-11-7-2/h6,32-36H,1,7-31H2,2-5H3. The van der Waals surface area contributed by atoms with Crippen molar-refractivity contribution in [2.45, 2.75) is 188 Å². The molecule has 4 aliphatic carbocycles. The van der Waals surface area contributed by atoms with Crippen molar-refractivity contribution < 1.29 is 0 Å². The van der Waals surface area contributed by atoms with Crippen LogP contribution in [0.25, 0.3) is 0 Å². The molecule has 4 unspecified atom stereocenters. The zero-order valence-electron chi connectivity index (χ0n) is 27.3.